The zero-order chi connectivity index (χ0) is 12.8. The molecule has 0 aromatic rings. The zero-order valence-electron chi connectivity index (χ0n) is 10.3. The van der Waals surface area contributed by atoms with E-state index in [0.717, 1.165) is 0 Å². The molecule has 18 heavy (non-hydrogen) atoms. The van der Waals surface area contributed by atoms with E-state index < -0.39 is 11.9 Å². The fourth-order valence-electron chi connectivity index (χ4n) is 3.47. The van der Waals surface area contributed by atoms with Gasteiger partial charge in [-0.05, 0) is 6.92 Å². The van der Waals surface area contributed by atoms with E-state index in [9.17, 15) is 9.59 Å². The van der Waals surface area contributed by atoms with Crippen LogP contribution in [0.2, 0.25) is 0 Å². The summed E-state index contributed by atoms with van der Waals surface area (Å²) in [7, 11) is 0. The minimum Gasteiger partial charge on any atom is -0.370 e. The van der Waals surface area contributed by atoms with Gasteiger partial charge in [0.05, 0.1) is 18.8 Å². The van der Waals surface area contributed by atoms with Crippen LogP contribution in [0.4, 0.5) is 0 Å². The molecule has 98 valence electrons. The van der Waals surface area contributed by atoms with Gasteiger partial charge in [0.1, 0.15) is 12.0 Å². The summed E-state index contributed by atoms with van der Waals surface area (Å²) in [6.07, 6.45) is 0.667. The highest BCUT2D eigenvalue weighted by Gasteiger charge is 2.59. The zero-order valence-corrected chi connectivity index (χ0v) is 10.3. The number of ketones is 1. The topological polar surface area (TPSA) is 61.8 Å². The Morgan fingerprint density at radius 2 is 2.11 bits per heavy atom. The predicted octanol–water partition coefficient (Wildman–Crippen LogP) is 0.502. The Bertz CT molecular complexity index is 417. The molecule has 0 radical (unpaired) electrons. The second kappa shape index (κ2) is 4.28. The third-order valence-corrected chi connectivity index (χ3v) is 4.15. The van der Waals surface area contributed by atoms with Gasteiger partial charge in [-0.1, -0.05) is 0 Å². The summed E-state index contributed by atoms with van der Waals surface area (Å²) in [4.78, 5) is 23.0. The Kier molecular flexibility index (Phi) is 2.87. The smallest absolute Gasteiger partial charge is 0.199 e. The van der Waals surface area contributed by atoms with Crippen molar-refractivity contribution < 1.29 is 23.8 Å². The second-order valence-corrected chi connectivity index (χ2v) is 5.04. The van der Waals surface area contributed by atoms with E-state index in [2.05, 4.69) is 0 Å². The second-order valence-electron chi connectivity index (χ2n) is 5.04. The van der Waals surface area contributed by atoms with Crippen LogP contribution in [0, 0.1) is 11.8 Å². The molecule has 0 aromatic carbocycles. The van der Waals surface area contributed by atoms with Crippen molar-refractivity contribution in [1.29, 1.82) is 0 Å². The highest BCUT2D eigenvalue weighted by atomic mass is 16.7. The summed E-state index contributed by atoms with van der Waals surface area (Å²) in [6, 6.07) is 0. The third kappa shape index (κ3) is 1.59. The molecule has 3 atom stereocenters. The fraction of sp³-hybridized carbons (Fsp3) is 0.769. The van der Waals surface area contributed by atoms with Gasteiger partial charge in [0.2, 0.25) is 0 Å². The van der Waals surface area contributed by atoms with Gasteiger partial charge in [-0.15, -0.1) is 0 Å². The number of Topliss-reactive ketones (excluding diaryl/α,β-unsaturated/α-hetero) is 1. The van der Waals surface area contributed by atoms with Crippen molar-refractivity contribution in [1.82, 2.24) is 0 Å². The van der Waals surface area contributed by atoms with Crippen LogP contribution < -0.4 is 0 Å². The molecule has 0 bridgehead atoms. The Balaban J connectivity index is 1.89. The highest BCUT2D eigenvalue weighted by Crippen LogP contribution is 2.53. The van der Waals surface area contributed by atoms with Crippen LogP contribution in [0.15, 0.2) is 5.57 Å². The Morgan fingerprint density at radius 3 is 2.72 bits per heavy atom. The highest BCUT2D eigenvalue weighted by molar-refractivity contribution is 6.08. The molecule has 1 unspecified atom stereocenters. The van der Waals surface area contributed by atoms with Crippen molar-refractivity contribution in [3.8, 4) is 0 Å². The molecule has 3 rings (SSSR count). The molecule has 0 aromatic heterocycles. The van der Waals surface area contributed by atoms with E-state index in [4.69, 9.17) is 14.2 Å². The molecule has 1 saturated heterocycles. The molecule has 5 nitrogen and oxygen atoms in total. The van der Waals surface area contributed by atoms with Gasteiger partial charge in [0.25, 0.3) is 0 Å². The lowest BCUT2D eigenvalue weighted by molar-refractivity contribution is -0.159. The number of rotatable bonds is 2. The Hall–Kier alpha value is -1.00. The molecule has 0 amide bonds. The van der Waals surface area contributed by atoms with Crippen molar-refractivity contribution >= 4 is 11.7 Å². The SMILES string of the molecule is CCOC1C(=O)C(=C=O)[C@@H]2CC3(C[C@H]12)OCCO3. The molecule has 2 saturated carbocycles. The largest absolute Gasteiger partial charge is 0.370 e. The van der Waals surface area contributed by atoms with Crippen LogP contribution in [0.1, 0.15) is 19.8 Å². The number of ether oxygens (including phenoxy) is 3. The lowest BCUT2D eigenvalue weighted by Gasteiger charge is -2.23. The lowest BCUT2D eigenvalue weighted by Crippen LogP contribution is -2.32. The number of carbonyl (C=O) groups excluding carboxylic acids is 2. The molecule has 1 spiro atoms. The first-order valence-corrected chi connectivity index (χ1v) is 6.39. The summed E-state index contributed by atoms with van der Waals surface area (Å²) >= 11 is 0. The molecule has 0 N–H and O–H groups in total. The van der Waals surface area contributed by atoms with E-state index >= 15 is 0 Å². The number of hydrogen-bond acceptors (Lipinski definition) is 5. The molecule has 3 fully saturated rings. The molecular formula is C13H16O5. The van der Waals surface area contributed by atoms with E-state index in [-0.39, 0.29) is 23.2 Å². The first-order chi connectivity index (χ1) is 8.71. The van der Waals surface area contributed by atoms with Gasteiger partial charge >= 0.3 is 0 Å². The monoisotopic (exact) mass is 252 g/mol. The van der Waals surface area contributed by atoms with Crippen LogP contribution in [0.5, 0.6) is 0 Å². The van der Waals surface area contributed by atoms with Crippen molar-refractivity contribution in [3.05, 3.63) is 5.57 Å². The summed E-state index contributed by atoms with van der Waals surface area (Å²) < 4.78 is 16.8. The first-order valence-electron chi connectivity index (χ1n) is 6.39. The lowest BCUT2D eigenvalue weighted by atomic mass is 9.97. The van der Waals surface area contributed by atoms with Gasteiger partial charge in [-0.25, -0.2) is 4.79 Å². The minimum atomic E-state index is -0.604. The summed E-state index contributed by atoms with van der Waals surface area (Å²) in [5, 5.41) is 0. The van der Waals surface area contributed by atoms with Crippen molar-refractivity contribution in [2.75, 3.05) is 19.8 Å². The fourth-order valence-corrected chi connectivity index (χ4v) is 3.47. The van der Waals surface area contributed by atoms with E-state index in [0.29, 0.717) is 32.7 Å². The van der Waals surface area contributed by atoms with Crippen LogP contribution in [0.25, 0.3) is 0 Å². The van der Waals surface area contributed by atoms with E-state index in [1.54, 1.807) is 5.94 Å². The number of carbonyl (C=O) groups is 1. The van der Waals surface area contributed by atoms with Crippen molar-refractivity contribution in [3.63, 3.8) is 0 Å². The standard InChI is InChI=1S/C13H16O5/c1-2-16-12-9-6-13(17-3-4-18-13)5-8(9)10(7-14)11(12)15/h8-9,12H,2-6H2,1H3/t8-,9+,12?/m1/s1. The molecule has 5 heteroatoms. The van der Waals surface area contributed by atoms with E-state index in [1.807, 2.05) is 6.92 Å². The van der Waals surface area contributed by atoms with E-state index in [1.165, 1.54) is 0 Å². The van der Waals surface area contributed by atoms with Crippen LogP contribution in [-0.2, 0) is 23.8 Å². The summed E-state index contributed by atoms with van der Waals surface area (Å²) in [5.74, 6) is 0.875. The Labute approximate surface area is 105 Å². The van der Waals surface area contributed by atoms with Gasteiger partial charge in [-0.3, -0.25) is 4.79 Å². The van der Waals surface area contributed by atoms with Crippen molar-refractivity contribution in [2.24, 2.45) is 11.8 Å². The van der Waals surface area contributed by atoms with Crippen LogP contribution in [-0.4, -0.2) is 43.4 Å². The van der Waals surface area contributed by atoms with Crippen molar-refractivity contribution in [2.45, 2.75) is 31.7 Å². The normalized spacial score (nSPS) is 37.3. The number of fused-ring (bicyclic) bond motifs is 1. The maximum absolute atomic E-state index is 12.0. The summed E-state index contributed by atoms with van der Waals surface area (Å²) in [5.41, 5.74) is 0.231. The van der Waals surface area contributed by atoms with Gasteiger partial charge in [0.15, 0.2) is 11.6 Å². The first kappa shape index (κ1) is 12.1. The Morgan fingerprint density at radius 1 is 1.39 bits per heavy atom. The predicted molar refractivity (Wildman–Crippen MR) is 60.5 cm³/mol. The quantitative estimate of drug-likeness (QED) is 0.529. The molecule has 3 aliphatic rings. The number of hydrogen-bond donors (Lipinski definition) is 0. The van der Waals surface area contributed by atoms with Gasteiger partial charge < -0.3 is 14.2 Å². The molecule has 2 aliphatic carbocycles. The van der Waals surface area contributed by atoms with Gasteiger partial charge in [0, 0.05) is 31.3 Å². The third-order valence-electron chi connectivity index (χ3n) is 4.15. The summed E-state index contributed by atoms with van der Waals surface area (Å²) in [6.45, 7) is 3.46. The molecule has 1 heterocycles. The van der Waals surface area contributed by atoms with Gasteiger partial charge in [-0.2, -0.15) is 0 Å². The van der Waals surface area contributed by atoms with Crippen LogP contribution >= 0.6 is 0 Å². The maximum atomic E-state index is 12.0. The van der Waals surface area contributed by atoms with Crippen LogP contribution in [0.3, 0.4) is 0 Å². The molecule has 1 aliphatic heterocycles. The average Bonchev–Trinajstić information content (AvgIpc) is 3.00. The average molecular weight is 252 g/mol. The maximum Gasteiger partial charge on any atom is 0.199 e. The molecular weight excluding hydrogens is 236 g/mol. The minimum absolute atomic E-state index is 0.00741.